The van der Waals surface area contributed by atoms with Crippen molar-refractivity contribution in [2.75, 3.05) is 6.54 Å². The number of benzene rings is 1. The zero-order chi connectivity index (χ0) is 12.8. The number of hydrogen-bond donors (Lipinski definition) is 1. The van der Waals surface area contributed by atoms with Gasteiger partial charge in [-0.2, -0.15) is 0 Å². The zero-order valence-corrected chi connectivity index (χ0v) is 11.3. The van der Waals surface area contributed by atoms with Gasteiger partial charge in [0.15, 0.2) is 0 Å². The van der Waals surface area contributed by atoms with Gasteiger partial charge < -0.3 is 5.73 Å². The van der Waals surface area contributed by atoms with E-state index in [4.69, 9.17) is 5.73 Å². The molecule has 0 atom stereocenters. The molecule has 0 bridgehead atoms. The lowest BCUT2D eigenvalue weighted by atomic mass is 10.3. The Bertz CT molecular complexity index is 581. The average molecular weight is 277 g/mol. The lowest BCUT2D eigenvalue weighted by Crippen LogP contribution is -1.92. The van der Waals surface area contributed by atoms with E-state index in [-0.39, 0.29) is 5.82 Å². The van der Waals surface area contributed by atoms with Gasteiger partial charge in [-0.1, -0.05) is 17.9 Å². The second kappa shape index (κ2) is 6.60. The van der Waals surface area contributed by atoms with Crippen molar-refractivity contribution in [1.82, 2.24) is 0 Å². The summed E-state index contributed by atoms with van der Waals surface area (Å²) in [5.74, 6) is 6.46. The van der Waals surface area contributed by atoms with Gasteiger partial charge in [0.05, 0.1) is 6.54 Å². The third kappa shape index (κ3) is 3.88. The van der Waals surface area contributed by atoms with Gasteiger partial charge in [-0.25, -0.2) is 4.39 Å². The molecule has 0 aliphatic rings. The molecule has 1 aromatic heterocycles. The van der Waals surface area contributed by atoms with Gasteiger partial charge in [0.25, 0.3) is 0 Å². The summed E-state index contributed by atoms with van der Waals surface area (Å²) in [5, 5.41) is 2.02. The van der Waals surface area contributed by atoms with Gasteiger partial charge in [-0.3, -0.25) is 0 Å². The lowest BCUT2D eigenvalue weighted by Gasteiger charge is -1.99. The third-order valence-corrected chi connectivity index (χ3v) is 4.33. The maximum Gasteiger partial charge on any atom is 0.124 e. The summed E-state index contributed by atoms with van der Waals surface area (Å²) in [6.45, 7) is 0.378. The normalized spacial score (nSPS) is 9.89. The Hall–Kier alpha value is -1.28. The molecule has 1 aromatic carbocycles. The van der Waals surface area contributed by atoms with Crippen molar-refractivity contribution >= 4 is 23.1 Å². The van der Waals surface area contributed by atoms with Crippen LogP contribution in [0.3, 0.4) is 0 Å². The van der Waals surface area contributed by atoms with Crippen LogP contribution in [0, 0.1) is 17.7 Å². The summed E-state index contributed by atoms with van der Waals surface area (Å²) < 4.78 is 13.0. The Morgan fingerprint density at radius 1 is 1.33 bits per heavy atom. The van der Waals surface area contributed by atoms with Crippen LogP contribution in [0.25, 0.3) is 0 Å². The van der Waals surface area contributed by atoms with Gasteiger partial charge in [-0.05, 0) is 24.3 Å². The topological polar surface area (TPSA) is 26.0 Å². The van der Waals surface area contributed by atoms with Crippen molar-refractivity contribution in [3.05, 3.63) is 52.0 Å². The predicted octanol–water partition coefficient (Wildman–Crippen LogP) is 3.49. The molecule has 4 heteroatoms. The van der Waals surface area contributed by atoms with E-state index in [9.17, 15) is 4.39 Å². The second-order valence-electron chi connectivity index (χ2n) is 3.55. The van der Waals surface area contributed by atoms with Gasteiger partial charge in [0.1, 0.15) is 5.82 Å². The van der Waals surface area contributed by atoms with Crippen LogP contribution in [0.4, 0.5) is 4.39 Å². The Balaban J connectivity index is 1.96. The fourth-order valence-corrected chi connectivity index (χ4v) is 3.20. The minimum Gasteiger partial charge on any atom is -0.320 e. The van der Waals surface area contributed by atoms with Crippen LogP contribution in [0.5, 0.6) is 0 Å². The summed E-state index contributed by atoms with van der Waals surface area (Å²) >= 11 is 3.29. The molecule has 2 N–H and O–H groups in total. The van der Waals surface area contributed by atoms with E-state index in [2.05, 4.69) is 17.9 Å². The van der Waals surface area contributed by atoms with Crippen LogP contribution in [0.15, 0.2) is 40.6 Å². The molecule has 2 aromatic rings. The highest BCUT2D eigenvalue weighted by Gasteiger charge is 2.00. The highest BCUT2D eigenvalue weighted by Crippen LogP contribution is 2.26. The summed E-state index contributed by atoms with van der Waals surface area (Å²) in [6, 6.07) is 8.70. The number of halogens is 1. The van der Waals surface area contributed by atoms with Gasteiger partial charge in [0.2, 0.25) is 0 Å². The largest absolute Gasteiger partial charge is 0.320 e. The summed E-state index contributed by atoms with van der Waals surface area (Å²) in [4.78, 5) is 2.17. The summed E-state index contributed by atoms with van der Waals surface area (Å²) in [6.07, 6.45) is 0. The molecule has 92 valence electrons. The first kappa shape index (κ1) is 13.2. The average Bonchev–Trinajstić information content (AvgIpc) is 2.82. The van der Waals surface area contributed by atoms with Crippen molar-refractivity contribution in [3.8, 4) is 11.8 Å². The molecule has 18 heavy (non-hydrogen) atoms. The number of hydrogen-bond acceptors (Lipinski definition) is 3. The predicted molar refractivity (Wildman–Crippen MR) is 76.2 cm³/mol. The standard InChI is InChI=1S/C14H12FNS2/c15-12-4-1-5-13(8-12)18-10-14-7-11(9-17-14)3-2-6-16/h1,4-5,7-9H,6,10,16H2. The fraction of sp³-hybridized carbons (Fsp3) is 0.143. The highest BCUT2D eigenvalue weighted by atomic mass is 32.2. The van der Waals surface area contributed by atoms with Crippen LogP contribution in [-0.2, 0) is 5.75 Å². The molecule has 1 heterocycles. The maximum atomic E-state index is 13.0. The van der Waals surface area contributed by atoms with Crippen molar-refractivity contribution in [2.45, 2.75) is 10.6 Å². The van der Waals surface area contributed by atoms with E-state index < -0.39 is 0 Å². The first-order valence-corrected chi connectivity index (χ1v) is 7.29. The summed E-state index contributed by atoms with van der Waals surface area (Å²) in [7, 11) is 0. The molecule has 0 amide bonds. The van der Waals surface area contributed by atoms with Gasteiger partial charge in [-0.15, -0.1) is 23.1 Å². The molecular formula is C14H12FNS2. The van der Waals surface area contributed by atoms with Crippen LogP contribution < -0.4 is 5.73 Å². The molecule has 0 aliphatic heterocycles. The Morgan fingerprint density at radius 3 is 3.00 bits per heavy atom. The molecule has 0 radical (unpaired) electrons. The highest BCUT2D eigenvalue weighted by molar-refractivity contribution is 7.98. The second-order valence-corrected chi connectivity index (χ2v) is 5.60. The quantitative estimate of drug-likeness (QED) is 0.686. The molecule has 0 saturated heterocycles. The number of nitrogens with two attached hydrogens (primary N) is 1. The maximum absolute atomic E-state index is 13.0. The smallest absolute Gasteiger partial charge is 0.124 e. The van der Waals surface area contributed by atoms with Crippen molar-refractivity contribution in [1.29, 1.82) is 0 Å². The van der Waals surface area contributed by atoms with Crippen molar-refractivity contribution in [3.63, 3.8) is 0 Å². The van der Waals surface area contributed by atoms with E-state index in [0.29, 0.717) is 6.54 Å². The first-order valence-electron chi connectivity index (χ1n) is 5.42. The third-order valence-electron chi connectivity index (χ3n) is 2.17. The Kier molecular flexibility index (Phi) is 4.82. The van der Waals surface area contributed by atoms with Crippen LogP contribution in [0.2, 0.25) is 0 Å². The minimum absolute atomic E-state index is 0.194. The van der Waals surface area contributed by atoms with E-state index in [0.717, 1.165) is 16.2 Å². The van der Waals surface area contributed by atoms with Crippen LogP contribution >= 0.6 is 23.1 Å². The van der Waals surface area contributed by atoms with Gasteiger partial charge >= 0.3 is 0 Å². The molecule has 0 saturated carbocycles. The molecule has 2 rings (SSSR count). The number of thiophene rings is 1. The molecule has 0 aliphatic carbocycles. The Labute approximate surface area is 114 Å². The molecular weight excluding hydrogens is 265 g/mol. The molecule has 1 nitrogen and oxygen atoms in total. The van der Waals surface area contributed by atoms with E-state index in [1.807, 2.05) is 11.4 Å². The lowest BCUT2D eigenvalue weighted by molar-refractivity contribution is 0.624. The van der Waals surface area contributed by atoms with Gasteiger partial charge in [0, 0.05) is 26.5 Å². The summed E-state index contributed by atoms with van der Waals surface area (Å²) in [5.41, 5.74) is 6.32. The Morgan fingerprint density at radius 2 is 2.22 bits per heavy atom. The number of rotatable bonds is 3. The zero-order valence-electron chi connectivity index (χ0n) is 9.65. The van der Waals surface area contributed by atoms with E-state index in [1.165, 1.54) is 10.9 Å². The number of thioether (sulfide) groups is 1. The van der Waals surface area contributed by atoms with E-state index >= 15 is 0 Å². The SMILES string of the molecule is NCC#Cc1csc(CSc2cccc(F)c2)c1. The minimum atomic E-state index is -0.194. The van der Waals surface area contributed by atoms with Crippen LogP contribution in [-0.4, -0.2) is 6.54 Å². The van der Waals surface area contributed by atoms with Crippen LogP contribution in [0.1, 0.15) is 10.4 Å². The first-order chi connectivity index (χ1) is 8.78. The molecule has 0 fully saturated rings. The van der Waals surface area contributed by atoms with Crippen molar-refractivity contribution < 1.29 is 4.39 Å². The van der Waals surface area contributed by atoms with Crippen molar-refractivity contribution in [2.24, 2.45) is 5.73 Å². The molecule has 0 unspecified atom stereocenters. The molecule has 0 spiro atoms. The van der Waals surface area contributed by atoms with E-state index in [1.54, 1.807) is 35.2 Å². The fourth-order valence-electron chi connectivity index (χ4n) is 1.39. The monoisotopic (exact) mass is 277 g/mol.